The van der Waals surface area contributed by atoms with Crippen molar-refractivity contribution in [2.45, 2.75) is 0 Å². The SMILES string of the molecule is O=S(=O)(O)Cl.[Sb]. The van der Waals surface area contributed by atoms with Crippen LogP contribution in [0, 0.1) is 0 Å². The fourth-order valence-corrected chi connectivity index (χ4v) is 0. The van der Waals surface area contributed by atoms with E-state index in [4.69, 9.17) is 13.0 Å². The molecule has 6 heavy (non-hydrogen) atoms. The van der Waals surface area contributed by atoms with Crippen molar-refractivity contribution in [3.8, 4) is 0 Å². The third-order valence-corrected chi connectivity index (χ3v) is 0. The Hall–Kier alpha value is 1.02. The Bertz CT molecular complexity index is 94.0. The summed E-state index contributed by atoms with van der Waals surface area (Å²) in [5, 5.41) is 0. The fraction of sp³-hybridized carbons (Fsp3) is 0. The molecule has 0 aliphatic rings. The van der Waals surface area contributed by atoms with Crippen LogP contribution < -0.4 is 0 Å². The van der Waals surface area contributed by atoms with Crippen LogP contribution in [0.5, 0.6) is 0 Å². The maximum Gasteiger partial charge on any atom is 0.353 e. The van der Waals surface area contributed by atoms with E-state index >= 15 is 0 Å². The van der Waals surface area contributed by atoms with E-state index in [2.05, 4.69) is 10.7 Å². The second-order valence-corrected chi connectivity index (χ2v) is 2.41. The molecule has 0 bridgehead atoms. The van der Waals surface area contributed by atoms with Gasteiger partial charge in [-0.3, -0.25) is 4.55 Å². The van der Waals surface area contributed by atoms with Gasteiger partial charge in [0.05, 0.1) is 0 Å². The Morgan fingerprint density at radius 3 is 1.50 bits per heavy atom. The first kappa shape index (κ1) is 10.1. The normalized spacial score (nSPS) is 9.67. The van der Waals surface area contributed by atoms with Gasteiger partial charge in [0.2, 0.25) is 0 Å². The second kappa shape index (κ2) is 3.08. The molecule has 0 aliphatic carbocycles. The molecule has 0 rings (SSSR count). The van der Waals surface area contributed by atoms with Crippen LogP contribution >= 0.6 is 10.7 Å². The monoisotopic (exact) mass is 237 g/mol. The fourth-order valence-electron chi connectivity index (χ4n) is 0. The summed E-state index contributed by atoms with van der Waals surface area (Å²) in [4.78, 5) is 0. The van der Waals surface area contributed by atoms with Crippen LogP contribution in [0.2, 0.25) is 0 Å². The van der Waals surface area contributed by atoms with Gasteiger partial charge in [-0.1, -0.05) is 0 Å². The van der Waals surface area contributed by atoms with E-state index in [9.17, 15) is 0 Å². The van der Waals surface area contributed by atoms with Crippen molar-refractivity contribution in [2.24, 2.45) is 0 Å². The van der Waals surface area contributed by atoms with E-state index in [0.717, 1.165) is 0 Å². The van der Waals surface area contributed by atoms with Crippen LogP contribution in [-0.4, -0.2) is 37.4 Å². The Kier molecular flexibility index (Phi) is 5.18. The Labute approximate surface area is 57.4 Å². The molecular formula is HClO3SSb. The maximum atomic E-state index is 8.95. The quantitative estimate of drug-likeness (QED) is 0.356. The van der Waals surface area contributed by atoms with Crippen LogP contribution in [0.4, 0.5) is 0 Å². The minimum atomic E-state index is -4.19. The molecule has 3 nitrogen and oxygen atoms in total. The van der Waals surface area contributed by atoms with Gasteiger partial charge in [-0.15, -0.1) is 0 Å². The van der Waals surface area contributed by atoms with Crippen molar-refractivity contribution in [3.05, 3.63) is 0 Å². The molecule has 0 amide bonds. The largest absolute Gasteiger partial charge is 0.353 e. The van der Waals surface area contributed by atoms with E-state index in [1.54, 1.807) is 0 Å². The maximum absolute atomic E-state index is 8.95. The Morgan fingerprint density at radius 2 is 1.50 bits per heavy atom. The van der Waals surface area contributed by atoms with Crippen LogP contribution in [0.3, 0.4) is 0 Å². The smallest absolute Gasteiger partial charge is 0.273 e. The number of hydrogen-bond donors (Lipinski definition) is 1. The van der Waals surface area contributed by atoms with Crippen molar-refractivity contribution < 1.29 is 13.0 Å². The summed E-state index contributed by atoms with van der Waals surface area (Å²) in [5.41, 5.74) is 0. The molecule has 0 heterocycles. The molecule has 0 spiro atoms. The van der Waals surface area contributed by atoms with E-state index in [-0.39, 0.29) is 24.4 Å². The summed E-state index contributed by atoms with van der Waals surface area (Å²) in [7, 11) is -0.137. The van der Waals surface area contributed by atoms with E-state index in [0.29, 0.717) is 0 Å². The summed E-state index contributed by atoms with van der Waals surface area (Å²) >= 11 is 0. The van der Waals surface area contributed by atoms with Gasteiger partial charge < -0.3 is 0 Å². The molecular weight excluding hydrogens is 237 g/mol. The zero-order valence-corrected chi connectivity index (χ0v) is 6.62. The molecule has 1 N–H and O–H groups in total. The van der Waals surface area contributed by atoms with Gasteiger partial charge in [0.1, 0.15) is 0 Å². The molecule has 0 saturated heterocycles. The molecule has 0 aromatic heterocycles. The van der Waals surface area contributed by atoms with Crippen LogP contribution in [0.25, 0.3) is 0 Å². The molecule has 0 aromatic rings. The Balaban J connectivity index is 0. The predicted molar refractivity (Wildman–Crippen MR) is 23.2 cm³/mol. The molecule has 0 fully saturated rings. The molecule has 0 aromatic carbocycles. The molecule has 3 radical (unpaired) electrons. The summed E-state index contributed by atoms with van der Waals surface area (Å²) in [6.45, 7) is 0. The van der Waals surface area contributed by atoms with Crippen LogP contribution in [-0.2, 0) is 9.33 Å². The minimum absolute atomic E-state index is 0. The summed E-state index contributed by atoms with van der Waals surface area (Å²) in [6, 6.07) is 0. The number of hydrogen-bond acceptors (Lipinski definition) is 2. The van der Waals surface area contributed by atoms with Crippen LogP contribution in [0.15, 0.2) is 0 Å². The van der Waals surface area contributed by atoms with Crippen molar-refractivity contribution in [1.29, 1.82) is 0 Å². The van der Waals surface area contributed by atoms with Gasteiger partial charge in [-0.2, -0.15) is 8.42 Å². The number of rotatable bonds is 0. The van der Waals surface area contributed by atoms with Crippen LogP contribution in [0.1, 0.15) is 0 Å². The van der Waals surface area contributed by atoms with Gasteiger partial charge in [0.25, 0.3) is 0 Å². The Morgan fingerprint density at radius 1 is 1.50 bits per heavy atom. The van der Waals surface area contributed by atoms with E-state index in [1.807, 2.05) is 0 Å². The number of halogens is 1. The first-order chi connectivity index (χ1) is 2.00. The van der Waals surface area contributed by atoms with Gasteiger partial charge in [-0.25, -0.2) is 0 Å². The van der Waals surface area contributed by atoms with Crippen molar-refractivity contribution in [2.75, 3.05) is 0 Å². The molecule has 6 heteroatoms. The first-order valence-electron chi connectivity index (χ1n) is 0.670. The minimum Gasteiger partial charge on any atom is -0.273 e. The predicted octanol–water partition coefficient (Wildman–Crippen LogP) is -0.353. The standard InChI is InChI=1S/ClHO3S.Sb/c1-5(2,3)4;/h(H,2,3,4);. The zero-order chi connectivity index (χ0) is 4.50. The summed E-state index contributed by atoms with van der Waals surface area (Å²) in [5.74, 6) is 0. The van der Waals surface area contributed by atoms with E-state index in [1.165, 1.54) is 0 Å². The molecule has 0 atom stereocenters. The van der Waals surface area contributed by atoms with Crippen molar-refractivity contribution in [1.82, 2.24) is 0 Å². The zero-order valence-electron chi connectivity index (χ0n) is 2.50. The molecule has 0 saturated carbocycles. The first-order valence-corrected chi connectivity index (χ1v) is 2.94. The molecule has 37 valence electrons. The van der Waals surface area contributed by atoms with Crippen molar-refractivity contribution in [3.63, 3.8) is 0 Å². The third kappa shape index (κ3) is 78.2. The molecule has 0 unspecified atom stereocenters. The van der Waals surface area contributed by atoms with Gasteiger partial charge >= 0.3 is 9.33 Å². The summed E-state index contributed by atoms with van der Waals surface area (Å²) in [6.07, 6.45) is 0. The third-order valence-electron chi connectivity index (χ3n) is 0. The average molecular weight is 238 g/mol. The van der Waals surface area contributed by atoms with Gasteiger partial charge in [-0.05, 0) is 0 Å². The van der Waals surface area contributed by atoms with Gasteiger partial charge in [0.15, 0.2) is 0 Å². The average Bonchev–Trinajstić information content (AvgIpc) is 0.722. The topological polar surface area (TPSA) is 54.4 Å². The summed E-state index contributed by atoms with van der Waals surface area (Å²) < 4.78 is 25.2. The van der Waals surface area contributed by atoms with Gasteiger partial charge in [0, 0.05) is 35.1 Å². The second-order valence-electron chi connectivity index (χ2n) is 0.412. The molecule has 0 aliphatic heterocycles. The van der Waals surface area contributed by atoms with Crippen molar-refractivity contribution >= 4 is 44.4 Å². The van der Waals surface area contributed by atoms with E-state index < -0.39 is 9.33 Å².